The fourth-order valence-electron chi connectivity index (χ4n) is 1.11. The molecular weight excluding hydrogens is 214 g/mol. The lowest BCUT2D eigenvalue weighted by atomic mass is 10.1. The first-order chi connectivity index (χ1) is 7.22. The highest BCUT2D eigenvalue weighted by atomic mass is 32.2. The van der Waals surface area contributed by atoms with Crippen molar-refractivity contribution in [2.75, 3.05) is 18.1 Å². The zero-order chi connectivity index (χ0) is 11.3. The predicted octanol–water partition coefficient (Wildman–Crippen LogP) is 1.98. The van der Waals surface area contributed by atoms with Gasteiger partial charge in [0.25, 0.3) is 0 Å². The highest BCUT2D eigenvalue weighted by molar-refractivity contribution is 7.99. The molecule has 0 amide bonds. The second-order valence-electron chi connectivity index (χ2n) is 2.72. The third kappa shape index (κ3) is 2.73. The monoisotopic (exact) mass is 225 g/mol. The number of carbonyl (C=O) groups is 2. The van der Waals surface area contributed by atoms with E-state index in [0.717, 1.165) is 0 Å². The van der Waals surface area contributed by atoms with Crippen molar-refractivity contribution in [1.82, 2.24) is 0 Å². The topological polar surface area (TPSA) is 55.4 Å². The lowest BCUT2D eigenvalue weighted by Gasteiger charge is -2.08. The Bertz CT molecular complexity index is 379. The third-order valence-corrected chi connectivity index (χ3v) is 2.22. The highest BCUT2D eigenvalue weighted by Gasteiger charge is 2.12. The van der Waals surface area contributed by atoms with Crippen LogP contribution in [0.5, 0.6) is 0 Å². The van der Waals surface area contributed by atoms with Gasteiger partial charge in [-0.1, -0.05) is 11.9 Å². The first-order valence-corrected chi connectivity index (χ1v) is 5.42. The average molecular weight is 225 g/mol. The summed E-state index contributed by atoms with van der Waals surface area (Å²) in [6.07, 6.45) is 2.53. The number of rotatable bonds is 4. The number of ether oxygens (including phenoxy) is 1. The Labute approximate surface area is 92.1 Å². The van der Waals surface area contributed by atoms with Gasteiger partial charge in [0.15, 0.2) is 0 Å². The van der Waals surface area contributed by atoms with E-state index in [1.807, 2.05) is 6.26 Å². The molecule has 4 nitrogen and oxygen atoms in total. The van der Waals surface area contributed by atoms with Crippen LogP contribution in [0.25, 0.3) is 0 Å². The molecule has 0 spiro atoms. The molecule has 1 N–H and O–H groups in total. The largest absolute Gasteiger partial charge is 0.465 e. The summed E-state index contributed by atoms with van der Waals surface area (Å²) in [7, 11) is 1.30. The van der Waals surface area contributed by atoms with Gasteiger partial charge in [0.05, 0.1) is 18.4 Å². The van der Waals surface area contributed by atoms with Crippen LogP contribution in [-0.2, 0) is 4.74 Å². The molecule has 80 valence electrons. The molecule has 0 aromatic heterocycles. The Morgan fingerprint density at radius 2 is 2.27 bits per heavy atom. The smallest absolute Gasteiger partial charge is 0.340 e. The van der Waals surface area contributed by atoms with Crippen molar-refractivity contribution in [2.45, 2.75) is 0 Å². The number of carbonyl (C=O) groups excluding carboxylic acids is 2. The fourth-order valence-corrected chi connectivity index (χ4v) is 1.51. The van der Waals surface area contributed by atoms with E-state index < -0.39 is 5.97 Å². The number of anilines is 1. The molecule has 0 atom stereocenters. The van der Waals surface area contributed by atoms with Gasteiger partial charge in [0.1, 0.15) is 6.29 Å². The van der Waals surface area contributed by atoms with Crippen molar-refractivity contribution in [2.24, 2.45) is 0 Å². The summed E-state index contributed by atoms with van der Waals surface area (Å²) in [5.74, 6) is -0.463. The standard InChI is InChI=1S/C10H11NO3S/c1-14-10(13)8-5-7(6-12)3-4-9(8)11-15-2/h3-6,11H,1-2H3. The third-order valence-electron chi connectivity index (χ3n) is 1.80. The average Bonchev–Trinajstić information content (AvgIpc) is 2.29. The Morgan fingerprint density at radius 1 is 1.53 bits per heavy atom. The molecule has 0 aliphatic carbocycles. The zero-order valence-corrected chi connectivity index (χ0v) is 9.26. The van der Waals surface area contributed by atoms with Crippen molar-refractivity contribution in [3.8, 4) is 0 Å². The molecule has 0 saturated heterocycles. The molecule has 0 bridgehead atoms. The van der Waals surface area contributed by atoms with Crippen LogP contribution in [-0.4, -0.2) is 25.6 Å². The van der Waals surface area contributed by atoms with Gasteiger partial charge in [-0.25, -0.2) is 4.79 Å². The van der Waals surface area contributed by atoms with Crippen LogP contribution < -0.4 is 4.72 Å². The number of methoxy groups -OCH3 is 1. The molecule has 15 heavy (non-hydrogen) atoms. The summed E-state index contributed by atoms with van der Waals surface area (Å²) < 4.78 is 7.56. The van der Waals surface area contributed by atoms with Crippen molar-refractivity contribution in [3.05, 3.63) is 29.3 Å². The van der Waals surface area contributed by atoms with Gasteiger partial charge < -0.3 is 9.46 Å². The minimum absolute atomic E-state index is 0.358. The Hall–Kier alpha value is -1.49. The maximum atomic E-state index is 11.4. The van der Waals surface area contributed by atoms with Gasteiger partial charge in [-0.15, -0.1) is 0 Å². The highest BCUT2D eigenvalue weighted by Crippen LogP contribution is 2.20. The van der Waals surface area contributed by atoms with Gasteiger partial charge in [-0.05, 0) is 18.2 Å². The van der Waals surface area contributed by atoms with Gasteiger partial charge in [-0.2, -0.15) is 0 Å². The van der Waals surface area contributed by atoms with E-state index in [4.69, 9.17) is 0 Å². The van der Waals surface area contributed by atoms with E-state index in [1.54, 1.807) is 12.1 Å². The molecule has 5 heteroatoms. The summed E-state index contributed by atoms with van der Waals surface area (Å²) >= 11 is 1.36. The first kappa shape index (κ1) is 11.6. The summed E-state index contributed by atoms with van der Waals surface area (Å²) in [5, 5.41) is 0. The number of aldehydes is 1. The van der Waals surface area contributed by atoms with Crippen molar-refractivity contribution in [1.29, 1.82) is 0 Å². The van der Waals surface area contributed by atoms with Gasteiger partial charge in [-0.3, -0.25) is 4.79 Å². The molecular formula is C10H11NO3S. The fraction of sp³-hybridized carbons (Fsp3) is 0.200. The number of benzene rings is 1. The summed E-state index contributed by atoms with van der Waals surface area (Å²) in [6.45, 7) is 0. The van der Waals surface area contributed by atoms with Gasteiger partial charge in [0, 0.05) is 11.8 Å². The minimum Gasteiger partial charge on any atom is -0.465 e. The van der Waals surface area contributed by atoms with E-state index in [-0.39, 0.29) is 0 Å². The summed E-state index contributed by atoms with van der Waals surface area (Å²) in [5.41, 5.74) is 1.44. The van der Waals surface area contributed by atoms with E-state index in [2.05, 4.69) is 9.46 Å². The number of nitrogens with one attached hydrogen (secondary N) is 1. The quantitative estimate of drug-likeness (QED) is 0.482. The molecule has 0 unspecified atom stereocenters. The predicted molar refractivity (Wildman–Crippen MR) is 60.3 cm³/mol. The molecule has 0 heterocycles. The van der Waals surface area contributed by atoms with Crippen molar-refractivity contribution < 1.29 is 14.3 Å². The molecule has 0 aliphatic rings. The maximum Gasteiger partial charge on any atom is 0.340 e. The normalized spacial score (nSPS) is 9.47. The van der Waals surface area contributed by atoms with Crippen LogP contribution in [0, 0.1) is 0 Å². The first-order valence-electron chi connectivity index (χ1n) is 4.19. The molecule has 1 rings (SSSR count). The van der Waals surface area contributed by atoms with Crippen LogP contribution in [0.1, 0.15) is 20.7 Å². The zero-order valence-electron chi connectivity index (χ0n) is 8.44. The van der Waals surface area contributed by atoms with Crippen molar-refractivity contribution in [3.63, 3.8) is 0 Å². The van der Waals surface area contributed by atoms with Gasteiger partial charge >= 0.3 is 5.97 Å². The summed E-state index contributed by atoms with van der Waals surface area (Å²) in [6, 6.07) is 4.81. The second-order valence-corrected chi connectivity index (χ2v) is 3.33. The number of hydrogen-bond donors (Lipinski definition) is 1. The number of hydrogen-bond acceptors (Lipinski definition) is 5. The minimum atomic E-state index is -0.463. The van der Waals surface area contributed by atoms with E-state index in [0.29, 0.717) is 23.1 Å². The lowest BCUT2D eigenvalue weighted by Crippen LogP contribution is -2.05. The Balaban J connectivity index is 3.15. The van der Waals surface area contributed by atoms with E-state index in [9.17, 15) is 9.59 Å². The Morgan fingerprint density at radius 3 is 2.80 bits per heavy atom. The summed E-state index contributed by atoms with van der Waals surface area (Å²) in [4.78, 5) is 22.0. The lowest BCUT2D eigenvalue weighted by molar-refractivity contribution is 0.0602. The van der Waals surface area contributed by atoms with Crippen LogP contribution in [0.4, 0.5) is 5.69 Å². The van der Waals surface area contributed by atoms with Crippen LogP contribution in [0.15, 0.2) is 18.2 Å². The molecule has 0 fully saturated rings. The van der Waals surface area contributed by atoms with Crippen LogP contribution in [0.3, 0.4) is 0 Å². The van der Waals surface area contributed by atoms with E-state index in [1.165, 1.54) is 25.1 Å². The maximum absolute atomic E-state index is 11.4. The Kier molecular flexibility index (Phi) is 4.17. The molecule has 1 aromatic carbocycles. The SMILES string of the molecule is COC(=O)c1cc(C=O)ccc1NSC. The molecule has 0 radical (unpaired) electrons. The van der Waals surface area contributed by atoms with Gasteiger partial charge in [0.2, 0.25) is 0 Å². The molecule has 1 aromatic rings. The van der Waals surface area contributed by atoms with Crippen LogP contribution >= 0.6 is 11.9 Å². The number of esters is 1. The van der Waals surface area contributed by atoms with E-state index >= 15 is 0 Å². The second kappa shape index (κ2) is 5.41. The molecule has 0 saturated carbocycles. The molecule has 0 aliphatic heterocycles. The van der Waals surface area contributed by atoms with Crippen molar-refractivity contribution >= 4 is 29.9 Å². The van der Waals surface area contributed by atoms with Crippen LogP contribution in [0.2, 0.25) is 0 Å².